The summed E-state index contributed by atoms with van der Waals surface area (Å²) in [6.45, 7) is 5.79. The molecule has 3 rings (SSSR count). The van der Waals surface area contributed by atoms with Crippen LogP contribution < -0.4 is 4.90 Å². The van der Waals surface area contributed by atoms with E-state index in [0.717, 1.165) is 22.9 Å². The summed E-state index contributed by atoms with van der Waals surface area (Å²) in [7, 11) is 3.91. The van der Waals surface area contributed by atoms with E-state index in [1.165, 1.54) is 0 Å². The molecule has 25 heavy (non-hydrogen) atoms. The van der Waals surface area contributed by atoms with Crippen molar-refractivity contribution in [1.82, 2.24) is 19.7 Å². The highest BCUT2D eigenvalue weighted by molar-refractivity contribution is 5.76. The van der Waals surface area contributed by atoms with Gasteiger partial charge in [-0.3, -0.25) is 9.48 Å². The summed E-state index contributed by atoms with van der Waals surface area (Å²) >= 11 is 0. The SMILES string of the molecule is Cc1cc(C)n(CC(=O)N2CCO[C@H](c3cccc(N(C)C)n3)C2)n1. The number of ether oxygens (including phenoxy) is 1. The lowest BCUT2D eigenvalue weighted by Crippen LogP contribution is -2.44. The Hall–Kier alpha value is -2.41. The third kappa shape index (κ3) is 3.99. The molecule has 7 nitrogen and oxygen atoms in total. The van der Waals surface area contributed by atoms with Gasteiger partial charge in [-0.15, -0.1) is 0 Å². The number of pyridine rings is 1. The summed E-state index contributed by atoms with van der Waals surface area (Å²) in [5, 5.41) is 4.37. The zero-order valence-corrected chi connectivity index (χ0v) is 15.3. The van der Waals surface area contributed by atoms with Crippen molar-refractivity contribution < 1.29 is 9.53 Å². The Labute approximate surface area is 148 Å². The van der Waals surface area contributed by atoms with Gasteiger partial charge in [-0.25, -0.2) is 4.98 Å². The summed E-state index contributed by atoms with van der Waals surface area (Å²) in [4.78, 5) is 21.1. The minimum absolute atomic E-state index is 0.0586. The monoisotopic (exact) mass is 343 g/mol. The Morgan fingerprint density at radius 1 is 1.36 bits per heavy atom. The maximum absolute atomic E-state index is 12.7. The van der Waals surface area contributed by atoms with Gasteiger partial charge in [0.15, 0.2) is 0 Å². The number of rotatable bonds is 4. The second-order valence-electron chi connectivity index (χ2n) is 6.60. The van der Waals surface area contributed by atoms with Gasteiger partial charge in [0.1, 0.15) is 18.5 Å². The normalized spacial score (nSPS) is 17.6. The number of aryl methyl sites for hydroxylation is 2. The molecule has 134 valence electrons. The molecule has 0 N–H and O–H groups in total. The van der Waals surface area contributed by atoms with E-state index < -0.39 is 0 Å². The molecule has 7 heteroatoms. The number of aromatic nitrogens is 3. The fourth-order valence-corrected chi connectivity index (χ4v) is 2.99. The lowest BCUT2D eigenvalue weighted by atomic mass is 10.2. The summed E-state index contributed by atoms with van der Waals surface area (Å²) in [5.74, 6) is 0.940. The molecule has 0 spiro atoms. The van der Waals surface area contributed by atoms with Crippen LogP contribution in [0.15, 0.2) is 24.3 Å². The first-order valence-electron chi connectivity index (χ1n) is 8.49. The number of morpholine rings is 1. The Balaban J connectivity index is 1.69. The number of carbonyl (C=O) groups excluding carboxylic acids is 1. The van der Waals surface area contributed by atoms with Gasteiger partial charge in [-0.2, -0.15) is 5.10 Å². The van der Waals surface area contributed by atoms with Gasteiger partial charge in [0, 0.05) is 26.3 Å². The van der Waals surface area contributed by atoms with E-state index in [1.54, 1.807) is 4.68 Å². The van der Waals surface area contributed by atoms with Crippen molar-refractivity contribution in [1.29, 1.82) is 0 Å². The minimum Gasteiger partial charge on any atom is -0.368 e. The van der Waals surface area contributed by atoms with Gasteiger partial charge < -0.3 is 14.5 Å². The van der Waals surface area contributed by atoms with Crippen molar-refractivity contribution in [2.45, 2.75) is 26.5 Å². The molecular weight excluding hydrogens is 318 g/mol. The highest BCUT2D eigenvalue weighted by atomic mass is 16.5. The first-order chi connectivity index (χ1) is 11.9. The number of hydrogen-bond donors (Lipinski definition) is 0. The van der Waals surface area contributed by atoms with Gasteiger partial charge >= 0.3 is 0 Å². The Bertz CT molecular complexity index is 756. The Kier molecular flexibility index (Phi) is 5.03. The van der Waals surface area contributed by atoms with Crippen LogP contribution in [0.4, 0.5) is 5.82 Å². The van der Waals surface area contributed by atoms with E-state index in [2.05, 4.69) is 10.1 Å². The maximum Gasteiger partial charge on any atom is 0.244 e. The van der Waals surface area contributed by atoms with Crippen LogP contribution in [0, 0.1) is 13.8 Å². The quantitative estimate of drug-likeness (QED) is 0.843. The van der Waals surface area contributed by atoms with Crippen LogP contribution in [0.5, 0.6) is 0 Å². The number of hydrogen-bond acceptors (Lipinski definition) is 5. The average Bonchev–Trinajstić information content (AvgIpc) is 2.92. The van der Waals surface area contributed by atoms with Crippen LogP contribution in [0.2, 0.25) is 0 Å². The van der Waals surface area contributed by atoms with Crippen LogP contribution >= 0.6 is 0 Å². The molecule has 0 radical (unpaired) electrons. The molecule has 2 aromatic heterocycles. The van der Waals surface area contributed by atoms with Crippen LogP contribution in [0.1, 0.15) is 23.2 Å². The third-order valence-corrected chi connectivity index (χ3v) is 4.35. The first-order valence-corrected chi connectivity index (χ1v) is 8.49. The van der Waals surface area contributed by atoms with Crippen molar-refractivity contribution in [2.75, 3.05) is 38.7 Å². The van der Waals surface area contributed by atoms with Crippen LogP contribution in [-0.4, -0.2) is 59.4 Å². The van der Waals surface area contributed by atoms with Crippen LogP contribution in [0.25, 0.3) is 0 Å². The lowest BCUT2D eigenvalue weighted by Gasteiger charge is -2.33. The van der Waals surface area contributed by atoms with E-state index in [1.807, 2.05) is 62.0 Å². The number of carbonyl (C=O) groups is 1. The van der Waals surface area contributed by atoms with E-state index in [9.17, 15) is 4.79 Å². The average molecular weight is 343 g/mol. The van der Waals surface area contributed by atoms with Crippen molar-refractivity contribution in [3.05, 3.63) is 41.3 Å². The van der Waals surface area contributed by atoms with Crippen molar-refractivity contribution >= 4 is 11.7 Å². The number of nitrogens with zero attached hydrogens (tertiary/aromatic N) is 5. The smallest absolute Gasteiger partial charge is 0.244 e. The maximum atomic E-state index is 12.7. The Morgan fingerprint density at radius 3 is 2.84 bits per heavy atom. The predicted octanol–water partition coefficient (Wildman–Crippen LogP) is 1.56. The molecule has 1 aliphatic rings. The molecule has 2 aromatic rings. The molecule has 3 heterocycles. The highest BCUT2D eigenvalue weighted by Gasteiger charge is 2.27. The second-order valence-corrected chi connectivity index (χ2v) is 6.60. The molecule has 1 atom stereocenters. The van der Waals surface area contributed by atoms with E-state index in [0.29, 0.717) is 19.7 Å². The topological polar surface area (TPSA) is 63.5 Å². The summed E-state index contributed by atoms with van der Waals surface area (Å²) < 4.78 is 7.62. The fraction of sp³-hybridized carbons (Fsp3) is 0.500. The molecular formula is C18H25N5O2. The molecule has 1 amide bonds. The van der Waals surface area contributed by atoms with E-state index >= 15 is 0 Å². The molecule has 0 bridgehead atoms. The molecule has 0 aliphatic carbocycles. The van der Waals surface area contributed by atoms with Crippen molar-refractivity contribution in [2.24, 2.45) is 0 Å². The summed E-state index contributed by atoms with van der Waals surface area (Å²) in [6, 6.07) is 7.86. The first kappa shape index (κ1) is 17.4. The van der Waals surface area contributed by atoms with E-state index in [-0.39, 0.29) is 18.6 Å². The largest absolute Gasteiger partial charge is 0.368 e. The standard InChI is InChI=1S/C18H25N5O2/c1-13-10-14(2)23(20-13)12-18(24)22-8-9-25-16(11-22)15-6-5-7-17(19-15)21(3)4/h5-7,10,16H,8-9,11-12H2,1-4H3/t16-/m0/s1. The zero-order chi connectivity index (χ0) is 18.0. The second kappa shape index (κ2) is 7.23. The van der Waals surface area contributed by atoms with Crippen LogP contribution in [-0.2, 0) is 16.1 Å². The minimum atomic E-state index is -0.196. The van der Waals surface area contributed by atoms with Crippen molar-refractivity contribution in [3.63, 3.8) is 0 Å². The fourth-order valence-electron chi connectivity index (χ4n) is 2.99. The molecule has 0 unspecified atom stereocenters. The number of amides is 1. The molecule has 1 saturated heterocycles. The summed E-state index contributed by atoms with van der Waals surface area (Å²) in [6.07, 6.45) is -0.196. The lowest BCUT2D eigenvalue weighted by molar-refractivity contribution is -0.140. The molecule has 1 aliphatic heterocycles. The zero-order valence-electron chi connectivity index (χ0n) is 15.3. The molecule has 1 fully saturated rings. The van der Waals surface area contributed by atoms with Crippen molar-refractivity contribution in [3.8, 4) is 0 Å². The molecule has 0 saturated carbocycles. The number of anilines is 1. The molecule has 0 aromatic carbocycles. The van der Waals surface area contributed by atoms with E-state index in [4.69, 9.17) is 4.74 Å². The Morgan fingerprint density at radius 2 is 2.16 bits per heavy atom. The van der Waals surface area contributed by atoms with Gasteiger partial charge in [0.25, 0.3) is 0 Å². The third-order valence-electron chi connectivity index (χ3n) is 4.35. The predicted molar refractivity (Wildman–Crippen MR) is 95.5 cm³/mol. The van der Waals surface area contributed by atoms with Crippen LogP contribution in [0.3, 0.4) is 0 Å². The van der Waals surface area contributed by atoms with Gasteiger partial charge in [-0.1, -0.05) is 6.07 Å². The summed E-state index contributed by atoms with van der Waals surface area (Å²) in [5.41, 5.74) is 2.78. The van der Waals surface area contributed by atoms with Gasteiger partial charge in [0.2, 0.25) is 5.91 Å². The van der Waals surface area contributed by atoms with Gasteiger partial charge in [-0.05, 0) is 32.0 Å². The van der Waals surface area contributed by atoms with Gasteiger partial charge in [0.05, 0.1) is 24.5 Å². The highest BCUT2D eigenvalue weighted by Crippen LogP contribution is 2.22.